The molecule has 26 heavy (non-hydrogen) atoms. The van der Waals surface area contributed by atoms with Crippen molar-refractivity contribution in [2.75, 3.05) is 19.6 Å². The highest BCUT2D eigenvalue weighted by Gasteiger charge is 2.24. The zero-order valence-corrected chi connectivity index (χ0v) is 16.4. The molecule has 5 nitrogen and oxygen atoms in total. The molecule has 144 valence electrons. The summed E-state index contributed by atoms with van der Waals surface area (Å²) in [6.07, 6.45) is 4.02. The van der Waals surface area contributed by atoms with Crippen LogP contribution in [-0.2, 0) is 16.0 Å². The monoisotopic (exact) mass is 359 g/mol. The van der Waals surface area contributed by atoms with E-state index in [1.165, 1.54) is 5.56 Å². The van der Waals surface area contributed by atoms with E-state index in [2.05, 4.69) is 34.6 Å². The lowest BCUT2D eigenvalue weighted by Crippen LogP contribution is -2.50. The number of benzene rings is 1. The van der Waals surface area contributed by atoms with E-state index >= 15 is 0 Å². The summed E-state index contributed by atoms with van der Waals surface area (Å²) >= 11 is 0. The minimum Gasteiger partial charge on any atom is -0.353 e. The summed E-state index contributed by atoms with van der Waals surface area (Å²) in [5.74, 6) is 0.205. The minimum atomic E-state index is -0.151. The number of piperidine rings is 1. The number of nitrogens with one attached hydrogen (secondary N) is 2. The van der Waals surface area contributed by atoms with Gasteiger partial charge in [-0.25, -0.2) is 0 Å². The fourth-order valence-electron chi connectivity index (χ4n) is 3.15. The van der Waals surface area contributed by atoms with Crippen molar-refractivity contribution in [3.8, 4) is 0 Å². The molecule has 1 aliphatic heterocycles. The lowest BCUT2D eigenvalue weighted by Gasteiger charge is -2.33. The molecule has 5 heteroatoms. The van der Waals surface area contributed by atoms with E-state index in [0.717, 1.165) is 38.8 Å². The number of amides is 2. The molecule has 1 aliphatic rings. The summed E-state index contributed by atoms with van der Waals surface area (Å²) in [5, 5.41) is 6.22. The molecule has 0 saturated carbocycles. The quantitative estimate of drug-likeness (QED) is 0.750. The van der Waals surface area contributed by atoms with Crippen molar-refractivity contribution in [1.29, 1.82) is 0 Å². The van der Waals surface area contributed by atoms with Gasteiger partial charge in [-0.3, -0.25) is 14.5 Å². The Morgan fingerprint density at radius 1 is 1.12 bits per heavy atom. The molecule has 1 heterocycles. The Balaban J connectivity index is 1.65. The molecule has 0 unspecified atom stereocenters. The standard InChI is InChI=1S/C21H33N3O2/c1-4-21(2,3)23-20(26)16-24-14-12-18(13-15-24)22-19(25)11-10-17-8-6-5-7-9-17/h5-9,18H,4,10-16H2,1-3H3,(H,22,25)(H,23,26). The van der Waals surface area contributed by atoms with Gasteiger partial charge in [0.05, 0.1) is 6.54 Å². The summed E-state index contributed by atoms with van der Waals surface area (Å²) in [4.78, 5) is 26.5. The second kappa shape index (κ2) is 9.72. The topological polar surface area (TPSA) is 61.4 Å². The maximum absolute atomic E-state index is 12.1. The Bertz CT molecular complexity index is 578. The number of hydrogen-bond donors (Lipinski definition) is 2. The van der Waals surface area contributed by atoms with Crippen LogP contribution in [0.4, 0.5) is 0 Å². The average molecular weight is 360 g/mol. The second-order valence-electron chi connectivity index (χ2n) is 7.89. The third kappa shape index (κ3) is 7.16. The first-order valence-corrected chi connectivity index (χ1v) is 9.74. The van der Waals surface area contributed by atoms with Gasteiger partial charge in [-0.05, 0) is 45.1 Å². The van der Waals surface area contributed by atoms with Crippen LogP contribution in [0.5, 0.6) is 0 Å². The van der Waals surface area contributed by atoms with Gasteiger partial charge in [0.15, 0.2) is 0 Å². The summed E-state index contributed by atoms with van der Waals surface area (Å²) in [6.45, 7) is 8.31. The molecule has 2 amide bonds. The van der Waals surface area contributed by atoms with Crippen LogP contribution in [0.25, 0.3) is 0 Å². The number of nitrogens with zero attached hydrogens (tertiary/aromatic N) is 1. The molecular weight excluding hydrogens is 326 g/mol. The predicted molar refractivity (Wildman–Crippen MR) is 105 cm³/mol. The molecule has 0 aliphatic carbocycles. The first kappa shape index (κ1) is 20.4. The van der Waals surface area contributed by atoms with Crippen molar-refractivity contribution in [1.82, 2.24) is 15.5 Å². The normalized spacial score (nSPS) is 16.3. The number of aryl methyl sites for hydroxylation is 1. The Hall–Kier alpha value is -1.88. The van der Waals surface area contributed by atoms with E-state index in [1.54, 1.807) is 0 Å². The Kier molecular flexibility index (Phi) is 7.64. The molecule has 0 bridgehead atoms. The second-order valence-corrected chi connectivity index (χ2v) is 7.89. The number of likely N-dealkylation sites (tertiary alicyclic amines) is 1. The first-order valence-electron chi connectivity index (χ1n) is 9.74. The van der Waals surface area contributed by atoms with Crippen LogP contribution in [0, 0.1) is 0 Å². The Labute approximate surface area is 157 Å². The van der Waals surface area contributed by atoms with E-state index in [4.69, 9.17) is 0 Å². The highest BCUT2D eigenvalue weighted by molar-refractivity contribution is 5.79. The molecule has 1 aromatic rings. The largest absolute Gasteiger partial charge is 0.353 e. The van der Waals surface area contributed by atoms with Gasteiger partial charge in [-0.2, -0.15) is 0 Å². The highest BCUT2D eigenvalue weighted by Crippen LogP contribution is 2.12. The smallest absolute Gasteiger partial charge is 0.234 e. The maximum atomic E-state index is 12.1. The van der Waals surface area contributed by atoms with Gasteiger partial charge in [0.2, 0.25) is 11.8 Å². The van der Waals surface area contributed by atoms with E-state index in [1.807, 2.05) is 32.0 Å². The van der Waals surface area contributed by atoms with Gasteiger partial charge in [0.25, 0.3) is 0 Å². The molecule has 1 aromatic carbocycles. The van der Waals surface area contributed by atoms with Crippen molar-refractivity contribution in [3.05, 3.63) is 35.9 Å². The molecule has 0 spiro atoms. The van der Waals surface area contributed by atoms with Crippen molar-refractivity contribution in [2.24, 2.45) is 0 Å². The van der Waals surface area contributed by atoms with Gasteiger partial charge >= 0.3 is 0 Å². The Morgan fingerprint density at radius 2 is 1.77 bits per heavy atom. The summed E-state index contributed by atoms with van der Waals surface area (Å²) in [7, 11) is 0. The van der Waals surface area contributed by atoms with Crippen LogP contribution in [0.1, 0.15) is 52.0 Å². The number of hydrogen-bond acceptors (Lipinski definition) is 3. The van der Waals surface area contributed by atoms with Crippen molar-refractivity contribution < 1.29 is 9.59 Å². The highest BCUT2D eigenvalue weighted by atomic mass is 16.2. The minimum absolute atomic E-state index is 0.0854. The number of carbonyl (C=O) groups excluding carboxylic acids is 2. The van der Waals surface area contributed by atoms with Gasteiger partial charge in [-0.15, -0.1) is 0 Å². The molecule has 0 aromatic heterocycles. The van der Waals surface area contributed by atoms with Gasteiger partial charge < -0.3 is 10.6 Å². The molecule has 0 radical (unpaired) electrons. The molecule has 0 atom stereocenters. The van der Waals surface area contributed by atoms with Crippen molar-refractivity contribution in [2.45, 2.75) is 64.5 Å². The fourth-order valence-corrected chi connectivity index (χ4v) is 3.15. The molecule has 1 fully saturated rings. The number of rotatable bonds is 8. The van der Waals surface area contributed by atoms with E-state index in [9.17, 15) is 9.59 Å². The molecule has 2 N–H and O–H groups in total. The Morgan fingerprint density at radius 3 is 2.38 bits per heavy atom. The molecule has 1 saturated heterocycles. The summed E-state index contributed by atoms with van der Waals surface area (Å²) in [6, 6.07) is 10.3. The van der Waals surface area contributed by atoms with Crippen LogP contribution in [0.15, 0.2) is 30.3 Å². The number of carbonyl (C=O) groups is 2. The van der Waals surface area contributed by atoms with Crippen LogP contribution in [0.2, 0.25) is 0 Å². The summed E-state index contributed by atoms with van der Waals surface area (Å²) in [5.41, 5.74) is 1.04. The third-order valence-electron chi connectivity index (χ3n) is 5.17. The summed E-state index contributed by atoms with van der Waals surface area (Å²) < 4.78 is 0. The molecule has 2 rings (SSSR count). The van der Waals surface area contributed by atoms with Crippen molar-refractivity contribution >= 4 is 11.8 Å². The van der Waals surface area contributed by atoms with Gasteiger partial charge in [-0.1, -0.05) is 37.3 Å². The van der Waals surface area contributed by atoms with E-state index in [0.29, 0.717) is 13.0 Å². The third-order valence-corrected chi connectivity index (χ3v) is 5.17. The van der Waals surface area contributed by atoms with Crippen molar-refractivity contribution in [3.63, 3.8) is 0 Å². The zero-order chi connectivity index (χ0) is 19.0. The maximum Gasteiger partial charge on any atom is 0.234 e. The zero-order valence-electron chi connectivity index (χ0n) is 16.4. The predicted octanol–water partition coefficient (Wildman–Crippen LogP) is 2.50. The van der Waals surface area contributed by atoms with E-state index in [-0.39, 0.29) is 23.4 Å². The van der Waals surface area contributed by atoms with Crippen LogP contribution in [-0.4, -0.2) is 47.9 Å². The van der Waals surface area contributed by atoms with Crippen LogP contribution < -0.4 is 10.6 Å². The molecular formula is C21H33N3O2. The first-order chi connectivity index (χ1) is 12.4. The van der Waals surface area contributed by atoms with Gasteiger partial charge in [0.1, 0.15) is 0 Å². The van der Waals surface area contributed by atoms with E-state index < -0.39 is 0 Å². The fraction of sp³-hybridized carbons (Fsp3) is 0.619. The van der Waals surface area contributed by atoms with Crippen LogP contribution in [0.3, 0.4) is 0 Å². The SMILES string of the molecule is CCC(C)(C)NC(=O)CN1CCC(NC(=O)CCc2ccccc2)CC1. The average Bonchev–Trinajstić information content (AvgIpc) is 2.62. The lowest BCUT2D eigenvalue weighted by molar-refractivity contribution is -0.125. The van der Waals surface area contributed by atoms with Gasteiger partial charge in [0, 0.05) is 31.1 Å². The lowest BCUT2D eigenvalue weighted by atomic mass is 10.0. The van der Waals surface area contributed by atoms with Crippen LogP contribution >= 0.6 is 0 Å².